The van der Waals surface area contributed by atoms with Crippen molar-refractivity contribution in [2.75, 3.05) is 6.54 Å². The maximum Gasteiger partial charge on any atom is 0.435 e. The highest BCUT2D eigenvalue weighted by Gasteiger charge is 2.74. The zero-order valence-electron chi connectivity index (χ0n) is 29.7. The molecule has 15 heteroatoms. The largest absolute Gasteiger partial charge is 0.481 e. The fourth-order valence-corrected chi connectivity index (χ4v) is 9.73. The van der Waals surface area contributed by atoms with Crippen LogP contribution in [0.1, 0.15) is 74.6 Å². The smallest absolute Gasteiger partial charge is 0.435 e. The normalized spacial score (nSPS) is 28.1. The Bertz CT molecular complexity index is 1860. The minimum Gasteiger partial charge on any atom is -0.481 e. The zero-order chi connectivity index (χ0) is 39.2. The highest BCUT2D eigenvalue weighted by atomic mass is 32.2. The van der Waals surface area contributed by atoms with Gasteiger partial charge in [0.1, 0.15) is 10.6 Å². The molecule has 1 aliphatic heterocycles. The van der Waals surface area contributed by atoms with Gasteiger partial charge in [0.25, 0.3) is 0 Å². The Balaban J connectivity index is 1.87. The van der Waals surface area contributed by atoms with Crippen LogP contribution < -0.4 is 0 Å². The average Bonchev–Trinajstić information content (AvgIpc) is 3.43. The summed E-state index contributed by atoms with van der Waals surface area (Å²) in [6.07, 6.45) is -15.6. The van der Waals surface area contributed by atoms with Crippen LogP contribution in [0.4, 0.5) is 35.1 Å². The molecule has 1 saturated heterocycles. The molecule has 46 heavy (non-hydrogen) atoms. The molecule has 6 nitrogen and oxygen atoms in total. The summed E-state index contributed by atoms with van der Waals surface area (Å²) < 4.78 is 191. The van der Waals surface area contributed by atoms with Crippen molar-refractivity contribution in [2.45, 2.75) is 92.4 Å². The number of likely N-dealkylation sites (tertiary alicyclic amines) is 1. The van der Waals surface area contributed by atoms with Gasteiger partial charge in [0.05, 0.1) is 16.9 Å². The van der Waals surface area contributed by atoms with Gasteiger partial charge in [-0.3, -0.25) is 9.59 Å². The summed E-state index contributed by atoms with van der Waals surface area (Å²) in [5.74, 6) is -4.19. The Labute approximate surface area is 268 Å². The molecule has 5 rings (SSSR count). The number of halogens is 8. The molecule has 2 aromatic carbocycles. The van der Waals surface area contributed by atoms with Crippen LogP contribution >= 0.6 is 0 Å². The molecule has 2 fully saturated rings. The second-order valence-electron chi connectivity index (χ2n) is 11.9. The first-order chi connectivity index (χ1) is 23.6. The van der Waals surface area contributed by atoms with Crippen LogP contribution in [-0.2, 0) is 36.3 Å². The summed E-state index contributed by atoms with van der Waals surface area (Å²) in [5.41, 5.74) is -15.1. The minimum absolute atomic E-state index is 0.0799. The number of aryl methyl sites for hydroxylation is 1. The van der Waals surface area contributed by atoms with Crippen LogP contribution in [0.5, 0.6) is 0 Å². The third-order valence-electron chi connectivity index (χ3n) is 9.64. The van der Waals surface area contributed by atoms with Crippen molar-refractivity contribution >= 4 is 21.7 Å². The first kappa shape index (κ1) is 26.8. The SMILES string of the molecule is [2H]C([2H])([2H])c1cc2c(c(C([2H])([2H])[2H])c1C(F)(C(F)(F)F)C(F)(F)F)CC[C@H]1N(C(=O)[C@H]3CC[C@H](C(=O)O)CC3)CC[C@@]21S(=O)(=O)c1ccc(F)cc1. The molecule has 1 amide bonds. The number of carbonyl (C=O) groups excluding carboxylic acids is 1. The van der Waals surface area contributed by atoms with E-state index >= 15 is 4.39 Å². The number of aliphatic carboxylic acids is 1. The first-order valence-electron chi connectivity index (χ1n) is 17.2. The molecule has 0 aromatic heterocycles. The van der Waals surface area contributed by atoms with Gasteiger partial charge < -0.3 is 10.0 Å². The molecule has 2 atom stereocenters. The fraction of sp³-hybridized carbons (Fsp3) is 0.548. The molecule has 2 aromatic rings. The molecule has 0 bridgehead atoms. The van der Waals surface area contributed by atoms with Crippen LogP contribution in [0.15, 0.2) is 35.2 Å². The minimum atomic E-state index is -6.95. The topological polar surface area (TPSA) is 91.8 Å². The second-order valence-corrected chi connectivity index (χ2v) is 14.1. The van der Waals surface area contributed by atoms with E-state index in [1.807, 2.05) is 0 Å². The molecular weight excluding hydrogens is 650 g/mol. The van der Waals surface area contributed by atoms with Crippen molar-refractivity contribution in [1.82, 2.24) is 4.90 Å². The predicted octanol–water partition coefficient (Wildman–Crippen LogP) is 6.84. The summed E-state index contributed by atoms with van der Waals surface area (Å²) in [5, 5.41) is 9.37. The number of carboxylic acid groups (broad SMARTS) is 1. The van der Waals surface area contributed by atoms with Gasteiger partial charge in [-0.05, 0) is 105 Å². The maximum atomic E-state index is 16.0. The summed E-state index contributed by atoms with van der Waals surface area (Å²) in [4.78, 5) is 26.0. The Kier molecular flexibility index (Phi) is 6.52. The van der Waals surface area contributed by atoms with Crippen LogP contribution in [0.25, 0.3) is 0 Å². The van der Waals surface area contributed by atoms with Crippen molar-refractivity contribution < 1.29 is 66.5 Å². The van der Waals surface area contributed by atoms with Gasteiger partial charge in [0.2, 0.25) is 5.91 Å². The molecule has 1 heterocycles. The standard InChI is InChI=1S/C31H31F8NO5S/c1-16-15-23-22(17(2)25(16)29(33,30(34,35)36)31(37,38)39)11-12-24-28(23,46(44,45)21-9-7-20(32)8-10-21)13-14-40(24)26(41)18-3-5-19(6-4-18)27(42)43/h7-10,15,18-19,24H,3-6,11-14H2,1-2H3,(H,42,43)/t18-,19-,24-,28-/m1/s1/i1D3,2D3. The van der Waals surface area contributed by atoms with Crippen molar-refractivity contribution in [3.05, 3.63) is 64.0 Å². The van der Waals surface area contributed by atoms with E-state index in [0.717, 1.165) is 29.2 Å². The van der Waals surface area contributed by atoms with Gasteiger partial charge in [0, 0.05) is 26.3 Å². The first-order valence-corrected chi connectivity index (χ1v) is 15.7. The van der Waals surface area contributed by atoms with E-state index in [-0.39, 0.29) is 31.7 Å². The van der Waals surface area contributed by atoms with Gasteiger partial charge in [0.15, 0.2) is 9.84 Å². The fourth-order valence-electron chi connectivity index (χ4n) is 7.38. The van der Waals surface area contributed by atoms with Crippen molar-refractivity contribution in [3.63, 3.8) is 0 Å². The number of nitrogens with zero attached hydrogens (tertiary/aromatic N) is 1. The van der Waals surface area contributed by atoms with E-state index < -0.39 is 140 Å². The zero-order valence-corrected chi connectivity index (χ0v) is 24.6. The lowest BCUT2D eigenvalue weighted by atomic mass is 9.73. The van der Waals surface area contributed by atoms with Gasteiger partial charge in [-0.2, -0.15) is 26.3 Å². The number of carbonyl (C=O) groups is 2. The van der Waals surface area contributed by atoms with Crippen LogP contribution in [0.3, 0.4) is 0 Å². The molecule has 0 spiro atoms. The number of rotatable bonds is 5. The number of hydrogen-bond donors (Lipinski definition) is 1. The molecule has 1 saturated carbocycles. The van der Waals surface area contributed by atoms with E-state index in [2.05, 4.69) is 0 Å². The Hall–Kier alpha value is -3.23. The number of fused-ring (bicyclic) bond motifs is 3. The van der Waals surface area contributed by atoms with Crippen molar-refractivity contribution in [2.24, 2.45) is 11.8 Å². The number of amides is 1. The molecule has 3 aliphatic rings. The van der Waals surface area contributed by atoms with E-state index in [0.29, 0.717) is 0 Å². The third-order valence-corrected chi connectivity index (χ3v) is 12.2. The highest BCUT2D eigenvalue weighted by Crippen LogP contribution is 2.59. The third kappa shape index (κ3) is 4.90. The summed E-state index contributed by atoms with van der Waals surface area (Å²) in [6, 6.07) is 1.71. The number of sulfone groups is 1. The van der Waals surface area contributed by atoms with Gasteiger partial charge in [-0.1, -0.05) is 6.07 Å². The lowest BCUT2D eigenvalue weighted by Crippen LogP contribution is -2.54. The molecule has 252 valence electrons. The second kappa shape index (κ2) is 11.2. The monoisotopic (exact) mass is 687 g/mol. The molecule has 2 aliphatic carbocycles. The molecule has 0 unspecified atom stereocenters. The molecular formula is C31H31F8NO5S. The number of carboxylic acids is 1. The predicted molar refractivity (Wildman–Crippen MR) is 148 cm³/mol. The van der Waals surface area contributed by atoms with Crippen molar-refractivity contribution in [3.8, 4) is 0 Å². The Morgan fingerprint density at radius 2 is 1.52 bits per heavy atom. The van der Waals surface area contributed by atoms with E-state index in [4.69, 9.17) is 8.22 Å². The summed E-state index contributed by atoms with van der Waals surface area (Å²) in [6.45, 7) is -8.60. The lowest BCUT2D eigenvalue weighted by molar-refractivity contribution is -0.349. The number of hydrogen-bond acceptors (Lipinski definition) is 4. The quantitative estimate of drug-likeness (QED) is 0.275. The van der Waals surface area contributed by atoms with E-state index in [1.165, 1.54) is 0 Å². The summed E-state index contributed by atoms with van der Waals surface area (Å²) in [7, 11) is -5.08. The van der Waals surface area contributed by atoms with Crippen LogP contribution in [-0.4, -0.2) is 55.2 Å². The van der Waals surface area contributed by atoms with Crippen molar-refractivity contribution in [1.29, 1.82) is 0 Å². The van der Waals surface area contributed by atoms with Crippen LogP contribution in [0.2, 0.25) is 0 Å². The highest BCUT2D eigenvalue weighted by molar-refractivity contribution is 7.92. The Morgan fingerprint density at radius 1 is 0.935 bits per heavy atom. The average molecular weight is 688 g/mol. The van der Waals surface area contributed by atoms with Gasteiger partial charge in [-0.25, -0.2) is 17.2 Å². The van der Waals surface area contributed by atoms with E-state index in [9.17, 15) is 53.8 Å². The maximum absolute atomic E-state index is 16.0. The number of benzene rings is 2. The van der Waals surface area contributed by atoms with E-state index in [1.54, 1.807) is 0 Å². The van der Waals surface area contributed by atoms with Crippen LogP contribution in [0, 0.1) is 31.4 Å². The number of alkyl halides is 7. The lowest BCUT2D eigenvalue weighted by Gasteiger charge is -2.45. The Morgan fingerprint density at radius 3 is 2.04 bits per heavy atom. The molecule has 1 N–H and O–H groups in total. The van der Waals surface area contributed by atoms with Gasteiger partial charge >= 0.3 is 24.0 Å². The van der Waals surface area contributed by atoms with Gasteiger partial charge in [-0.15, -0.1) is 0 Å². The molecule has 0 radical (unpaired) electrons. The summed E-state index contributed by atoms with van der Waals surface area (Å²) >= 11 is 0.